The van der Waals surface area contributed by atoms with E-state index in [2.05, 4.69) is 20.6 Å². The molecule has 0 aliphatic carbocycles. The number of benzene rings is 1. The molecule has 21 heavy (non-hydrogen) atoms. The average Bonchev–Trinajstić information content (AvgIpc) is 2.47. The van der Waals surface area contributed by atoms with Crippen molar-refractivity contribution in [2.75, 3.05) is 17.7 Å². The molecule has 0 saturated heterocycles. The predicted molar refractivity (Wildman–Crippen MR) is 77.3 cm³/mol. The van der Waals surface area contributed by atoms with Crippen LogP contribution in [0.4, 0.5) is 11.6 Å². The Balaban J connectivity index is 2.27. The first kappa shape index (κ1) is 14.4. The Morgan fingerprint density at radius 3 is 2.48 bits per heavy atom. The summed E-state index contributed by atoms with van der Waals surface area (Å²) < 4.78 is 5.15. The fraction of sp³-hybridized carbons (Fsp3) is 0.143. The molecular weight excluding hydrogens is 272 g/mol. The number of aromatic nitrogens is 2. The van der Waals surface area contributed by atoms with Gasteiger partial charge >= 0.3 is 0 Å². The lowest BCUT2D eigenvalue weighted by molar-refractivity contribution is -0.114. The molecule has 0 saturated carbocycles. The summed E-state index contributed by atoms with van der Waals surface area (Å²) >= 11 is 0. The van der Waals surface area contributed by atoms with Gasteiger partial charge in [-0.25, -0.2) is 9.97 Å². The highest BCUT2D eigenvalue weighted by atomic mass is 16.5. The molecule has 108 valence electrons. The van der Waals surface area contributed by atoms with Crippen molar-refractivity contribution < 1.29 is 14.3 Å². The maximum absolute atomic E-state index is 12.2. The topological polar surface area (TPSA) is 93.2 Å². The standard InChI is InChI=1S/C14H14N4O3/c1-9(19)17-10-4-5-12(21-2)11(8-10)13(20)18-14-15-6-3-7-16-14/h3-8H,1-2H3,(H,17,19)(H,15,16,18,20). The molecule has 1 heterocycles. The summed E-state index contributed by atoms with van der Waals surface area (Å²) in [4.78, 5) is 31.2. The van der Waals surface area contributed by atoms with Gasteiger partial charge in [-0.2, -0.15) is 0 Å². The lowest BCUT2D eigenvalue weighted by atomic mass is 10.1. The summed E-state index contributed by atoms with van der Waals surface area (Å²) in [5.41, 5.74) is 0.777. The van der Waals surface area contributed by atoms with Gasteiger partial charge in [-0.3, -0.25) is 14.9 Å². The number of anilines is 2. The molecule has 7 heteroatoms. The lowest BCUT2D eigenvalue weighted by Gasteiger charge is -2.10. The van der Waals surface area contributed by atoms with Gasteiger partial charge in [0.05, 0.1) is 12.7 Å². The molecule has 2 rings (SSSR count). The van der Waals surface area contributed by atoms with Crippen LogP contribution in [0.2, 0.25) is 0 Å². The highest BCUT2D eigenvalue weighted by Gasteiger charge is 2.14. The molecule has 2 amide bonds. The summed E-state index contributed by atoms with van der Waals surface area (Å²) in [5, 5.41) is 5.17. The zero-order chi connectivity index (χ0) is 15.2. The smallest absolute Gasteiger partial charge is 0.261 e. The van der Waals surface area contributed by atoms with Crippen molar-refractivity contribution in [3.63, 3.8) is 0 Å². The molecule has 0 unspecified atom stereocenters. The van der Waals surface area contributed by atoms with Gasteiger partial charge in [0.15, 0.2) is 0 Å². The molecule has 1 aromatic carbocycles. The maximum atomic E-state index is 12.2. The van der Waals surface area contributed by atoms with Gasteiger partial charge in [0.2, 0.25) is 11.9 Å². The Hall–Kier alpha value is -2.96. The predicted octanol–water partition coefficient (Wildman–Crippen LogP) is 1.70. The number of rotatable bonds is 4. The number of nitrogens with zero attached hydrogens (tertiary/aromatic N) is 2. The summed E-state index contributed by atoms with van der Waals surface area (Å²) in [5.74, 6) is -0.0739. The minimum Gasteiger partial charge on any atom is -0.496 e. The van der Waals surface area contributed by atoms with Crippen molar-refractivity contribution in [3.8, 4) is 5.75 Å². The monoisotopic (exact) mass is 286 g/mol. The van der Waals surface area contributed by atoms with E-state index in [1.54, 1.807) is 18.2 Å². The number of hydrogen-bond donors (Lipinski definition) is 2. The van der Waals surface area contributed by atoms with Gasteiger partial charge < -0.3 is 10.1 Å². The highest BCUT2D eigenvalue weighted by molar-refractivity contribution is 6.06. The van der Waals surface area contributed by atoms with Crippen molar-refractivity contribution >= 4 is 23.5 Å². The molecule has 0 aliphatic rings. The van der Waals surface area contributed by atoms with Crippen LogP contribution in [0.1, 0.15) is 17.3 Å². The Morgan fingerprint density at radius 2 is 1.86 bits per heavy atom. The minimum atomic E-state index is -0.426. The Morgan fingerprint density at radius 1 is 1.14 bits per heavy atom. The minimum absolute atomic E-state index is 0.189. The number of hydrogen-bond acceptors (Lipinski definition) is 5. The van der Waals surface area contributed by atoms with Gasteiger partial charge in [-0.1, -0.05) is 0 Å². The third kappa shape index (κ3) is 3.75. The van der Waals surface area contributed by atoms with Crippen molar-refractivity contribution in [1.82, 2.24) is 9.97 Å². The van der Waals surface area contributed by atoms with Crippen LogP contribution in [0, 0.1) is 0 Å². The van der Waals surface area contributed by atoms with Crippen molar-refractivity contribution in [1.29, 1.82) is 0 Å². The van der Waals surface area contributed by atoms with E-state index < -0.39 is 5.91 Å². The molecule has 0 spiro atoms. The van der Waals surface area contributed by atoms with Crippen molar-refractivity contribution in [3.05, 3.63) is 42.2 Å². The molecule has 0 fully saturated rings. The molecule has 0 atom stereocenters. The summed E-state index contributed by atoms with van der Waals surface area (Å²) in [6, 6.07) is 6.42. The van der Waals surface area contributed by atoms with E-state index in [9.17, 15) is 9.59 Å². The van der Waals surface area contributed by atoms with E-state index in [-0.39, 0.29) is 17.4 Å². The molecule has 2 N–H and O–H groups in total. The number of methoxy groups -OCH3 is 1. The molecule has 0 bridgehead atoms. The van der Waals surface area contributed by atoms with Gasteiger partial charge in [0.25, 0.3) is 5.91 Å². The number of carbonyl (C=O) groups is 2. The zero-order valence-electron chi connectivity index (χ0n) is 11.6. The second-order valence-corrected chi connectivity index (χ2v) is 4.12. The second-order valence-electron chi connectivity index (χ2n) is 4.12. The van der Waals surface area contributed by atoms with E-state index >= 15 is 0 Å². The van der Waals surface area contributed by atoms with Crippen LogP contribution in [0.15, 0.2) is 36.7 Å². The Bertz CT molecular complexity index is 659. The fourth-order valence-electron chi connectivity index (χ4n) is 1.70. The van der Waals surface area contributed by atoms with Crippen LogP contribution in [-0.4, -0.2) is 28.9 Å². The largest absolute Gasteiger partial charge is 0.496 e. The molecule has 0 radical (unpaired) electrons. The van der Waals surface area contributed by atoms with Crippen LogP contribution < -0.4 is 15.4 Å². The molecule has 0 aliphatic heterocycles. The first-order valence-corrected chi connectivity index (χ1v) is 6.14. The van der Waals surface area contributed by atoms with Crippen LogP contribution in [0.5, 0.6) is 5.75 Å². The summed E-state index contributed by atoms with van der Waals surface area (Å²) in [6.07, 6.45) is 3.04. The number of amides is 2. The number of ether oxygens (including phenoxy) is 1. The molecule has 1 aromatic heterocycles. The lowest BCUT2D eigenvalue weighted by Crippen LogP contribution is -2.16. The third-order valence-electron chi connectivity index (χ3n) is 2.56. The van der Waals surface area contributed by atoms with Crippen LogP contribution >= 0.6 is 0 Å². The normalized spacial score (nSPS) is 9.81. The SMILES string of the molecule is COc1ccc(NC(C)=O)cc1C(=O)Nc1ncccn1. The first-order valence-electron chi connectivity index (χ1n) is 6.14. The van der Waals surface area contributed by atoms with Crippen LogP contribution in [-0.2, 0) is 4.79 Å². The number of carbonyl (C=O) groups excluding carboxylic acids is 2. The third-order valence-corrected chi connectivity index (χ3v) is 2.56. The van der Waals surface area contributed by atoms with E-state index in [0.29, 0.717) is 11.4 Å². The van der Waals surface area contributed by atoms with Gasteiger partial charge in [0.1, 0.15) is 5.75 Å². The van der Waals surface area contributed by atoms with Gasteiger partial charge in [-0.15, -0.1) is 0 Å². The molecular formula is C14H14N4O3. The van der Waals surface area contributed by atoms with Gasteiger partial charge in [0, 0.05) is 25.0 Å². The van der Waals surface area contributed by atoms with Crippen LogP contribution in [0.3, 0.4) is 0 Å². The van der Waals surface area contributed by atoms with E-state index in [1.807, 2.05) is 0 Å². The average molecular weight is 286 g/mol. The first-order chi connectivity index (χ1) is 10.1. The highest BCUT2D eigenvalue weighted by Crippen LogP contribution is 2.23. The maximum Gasteiger partial charge on any atom is 0.261 e. The van der Waals surface area contributed by atoms with E-state index in [4.69, 9.17) is 4.74 Å². The summed E-state index contributed by atoms with van der Waals surface area (Å²) in [7, 11) is 1.46. The molecule has 7 nitrogen and oxygen atoms in total. The zero-order valence-corrected chi connectivity index (χ0v) is 11.6. The van der Waals surface area contributed by atoms with Gasteiger partial charge in [-0.05, 0) is 24.3 Å². The second kappa shape index (κ2) is 6.47. The van der Waals surface area contributed by atoms with Crippen molar-refractivity contribution in [2.24, 2.45) is 0 Å². The van der Waals surface area contributed by atoms with E-state index in [0.717, 1.165) is 0 Å². The fourth-order valence-corrected chi connectivity index (χ4v) is 1.70. The molecule has 2 aromatic rings. The number of nitrogens with one attached hydrogen (secondary N) is 2. The Labute approximate surface area is 121 Å². The van der Waals surface area contributed by atoms with Crippen LogP contribution in [0.25, 0.3) is 0 Å². The quantitative estimate of drug-likeness (QED) is 0.892. The van der Waals surface area contributed by atoms with E-state index in [1.165, 1.54) is 32.5 Å². The summed E-state index contributed by atoms with van der Waals surface area (Å²) in [6.45, 7) is 1.39. The van der Waals surface area contributed by atoms with Crippen molar-refractivity contribution in [2.45, 2.75) is 6.92 Å². The Kier molecular flexibility index (Phi) is 4.45.